The molecule has 3 rings (SSSR count). The van der Waals surface area contributed by atoms with Crippen molar-refractivity contribution in [2.24, 2.45) is 5.41 Å². The third-order valence-corrected chi connectivity index (χ3v) is 3.97. The van der Waals surface area contributed by atoms with E-state index in [1.165, 1.54) is 17.2 Å². The summed E-state index contributed by atoms with van der Waals surface area (Å²) in [6.07, 6.45) is -1.97. The Morgan fingerprint density at radius 1 is 1.36 bits per heavy atom. The molecular weight excluding hydrogens is 332 g/mol. The van der Waals surface area contributed by atoms with Crippen molar-refractivity contribution < 1.29 is 24.5 Å². The van der Waals surface area contributed by atoms with E-state index in [1.807, 2.05) is 0 Å². The SMILES string of the molecule is CC(C)(C)C(=O)OC[C@@H]1O[C@H](n2cnc3c(=O)[nH]cnc32)[C@@H](O)[C@@H]1O. The maximum Gasteiger partial charge on any atom is 0.311 e. The van der Waals surface area contributed by atoms with Crippen LogP contribution in [0.5, 0.6) is 0 Å². The molecule has 1 fully saturated rings. The minimum absolute atomic E-state index is 0.0930. The van der Waals surface area contributed by atoms with Crippen molar-refractivity contribution >= 4 is 17.1 Å². The van der Waals surface area contributed by atoms with Gasteiger partial charge in [-0.3, -0.25) is 14.2 Å². The molecule has 0 amide bonds. The molecule has 0 aliphatic carbocycles. The summed E-state index contributed by atoms with van der Waals surface area (Å²) >= 11 is 0. The number of imidazole rings is 1. The normalized spacial score (nSPS) is 26.9. The van der Waals surface area contributed by atoms with Gasteiger partial charge in [-0.1, -0.05) is 0 Å². The second kappa shape index (κ2) is 6.21. The first-order valence-corrected chi connectivity index (χ1v) is 7.79. The van der Waals surface area contributed by atoms with Crippen LogP contribution in [0.4, 0.5) is 0 Å². The molecule has 0 spiro atoms. The van der Waals surface area contributed by atoms with Crippen molar-refractivity contribution in [2.75, 3.05) is 6.61 Å². The minimum Gasteiger partial charge on any atom is -0.462 e. The fraction of sp³-hybridized carbons (Fsp3) is 0.600. The number of aromatic nitrogens is 4. The number of carbonyl (C=O) groups is 1. The Morgan fingerprint density at radius 2 is 2.08 bits per heavy atom. The highest BCUT2D eigenvalue weighted by Gasteiger charge is 2.45. The highest BCUT2D eigenvalue weighted by atomic mass is 16.6. The van der Waals surface area contributed by atoms with E-state index in [9.17, 15) is 19.8 Å². The average Bonchev–Trinajstić information content (AvgIpc) is 3.08. The van der Waals surface area contributed by atoms with Crippen LogP contribution >= 0.6 is 0 Å². The van der Waals surface area contributed by atoms with E-state index < -0.39 is 41.5 Å². The third kappa shape index (κ3) is 3.15. The number of nitrogens with zero attached hydrogens (tertiary/aromatic N) is 3. The summed E-state index contributed by atoms with van der Waals surface area (Å²) in [5.74, 6) is -0.442. The fourth-order valence-electron chi connectivity index (χ4n) is 2.52. The number of ether oxygens (including phenoxy) is 2. The lowest BCUT2D eigenvalue weighted by Crippen LogP contribution is -2.35. The van der Waals surface area contributed by atoms with Crippen molar-refractivity contribution in [3.63, 3.8) is 0 Å². The number of nitrogens with one attached hydrogen (secondary N) is 1. The van der Waals surface area contributed by atoms with Crippen LogP contribution in [-0.2, 0) is 14.3 Å². The Morgan fingerprint density at radius 3 is 2.76 bits per heavy atom. The minimum atomic E-state index is -1.29. The Hall–Kier alpha value is -2.30. The van der Waals surface area contributed by atoms with Crippen molar-refractivity contribution in [1.29, 1.82) is 0 Å². The lowest BCUT2D eigenvalue weighted by molar-refractivity contribution is -0.159. The molecule has 0 unspecified atom stereocenters. The molecule has 0 saturated carbocycles. The van der Waals surface area contributed by atoms with Gasteiger partial charge in [0.25, 0.3) is 5.56 Å². The number of aliphatic hydroxyl groups excluding tert-OH is 2. The van der Waals surface area contributed by atoms with Gasteiger partial charge < -0.3 is 24.7 Å². The van der Waals surface area contributed by atoms with Gasteiger partial charge in [-0.25, -0.2) is 9.97 Å². The number of aromatic amines is 1. The van der Waals surface area contributed by atoms with Crippen molar-refractivity contribution in [3.8, 4) is 0 Å². The molecule has 10 nitrogen and oxygen atoms in total. The van der Waals surface area contributed by atoms with E-state index in [0.717, 1.165) is 0 Å². The van der Waals surface area contributed by atoms with E-state index in [0.29, 0.717) is 0 Å². The summed E-state index contributed by atoms with van der Waals surface area (Å²) in [6, 6.07) is 0. The zero-order chi connectivity index (χ0) is 18.4. The lowest BCUT2D eigenvalue weighted by atomic mass is 9.97. The predicted molar refractivity (Wildman–Crippen MR) is 84.5 cm³/mol. The molecule has 1 aliphatic heterocycles. The molecule has 4 atom stereocenters. The number of aliphatic hydroxyl groups is 2. The maximum absolute atomic E-state index is 11.8. The van der Waals surface area contributed by atoms with Gasteiger partial charge in [0.1, 0.15) is 24.9 Å². The summed E-state index contributed by atoms with van der Waals surface area (Å²) in [5.41, 5.74) is -0.803. The number of hydrogen-bond acceptors (Lipinski definition) is 8. The third-order valence-electron chi connectivity index (χ3n) is 3.97. The maximum atomic E-state index is 11.8. The zero-order valence-corrected chi connectivity index (χ0v) is 14.0. The highest BCUT2D eigenvalue weighted by Crippen LogP contribution is 2.31. The first kappa shape index (κ1) is 17.5. The van der Waals surface area contributed by atoms with Gasteiger partial charge in [-0.15, -0.1) is 0 Å². The Bertz CT molecular complexity index is 838. The Balaban J connectivity index is 1.79. The van der Waals surface area contributed by atoms with Gasteiger partial charge in [-0.2, -0.15) is 0 Å². The molecule has 2 aromatic rings. The molecule has 10 heteroatoms. The van der Waals surface area contributed by atoms with E-state index in [1.54, 1.807) is 20.8 Å². The van der Waals surface area contributed by atoms with Gasteiger partial charge in [0, 0.05) is 0 Å². The summed E-state index contributed by atoms with van der Waals surface area (Å²) < 4.78 is 12.2. The second-order valence-corrected chi connectivity index (χ2v) is 6.95. The number of esters is 1. The monoisotopic (exact) mass is 352 g/mol. The van der Waals surface area contributed by atoms with Crippen LogP contribution in [0.2, 0.25) is 0 Å². The van der Waals surface area contributed by atoms with Crippen LogP contribution in [0.1, 0.15) is 27.0 Å². The number of fused-ring (bicyclic) bond motifs is 1. The standard InChI is InChI=1S/C15H20N4O6/c1-15(2,3)14(23)24-4-7-9(20)10(21)13(25-7)19-6-18-8-11(19)16-5-17-12(8)22/h5-7,9-10,13,20-21H,4H2,1-3H3,(H,16,17,22)/t7-,9+,10-,13-/m0/s1. The quantitative estimate of drug-likeness (QED) is 0.618. The van der Waals surface area contributed by atoms with Crippen LogP contribution in [0.25, 0.3) is 11.2 Å². The number of carbonyl (C=O) groups excluding carboxylic acids is 1. The van der Waals surface area contributed by atoms with Gasteiger partial charge >= 0.3 is 5.97 Å². The summed E-state index contributed by atoms with van der Waals surface area (Å²) in [5, 5.41) is 20.5. The van der Waals surface area contributed by atoms with E-state index in [2.05, 4.69) is 15.0 Å². The van der Waals surface area contributed by atoms with Crippen molar-refractivity contribution in [2.45, 2.75) is 45.3 Å². The second-order valence-electron chi connectivity index (χ2n) is 6.95. The van der Waals surface area contributed by atoms with Crippen LogP contribution in [0, 0.1) is 5.41 Å². The Kier molecular flexibility index (Phi) is 4.35. The summed E-state index contributed by atoms with van der Waals surface area (Å²) in [6.45, 7) is 4.92. The number of H-pyrrole nitrogens is 1. The largest absolute Gasteiger partial charge is 0.462 e. The van der Waals surface area contributed by atoms with Crippen LogP contribution in [-0.4, -0.2) is 60.6 Å². The molecule has 2 aromatic heterocycles. The van der Waals surface area contributed by atoms with Crippen LogP contribution in [0.15, 0.2) is 17.4 Å². The zero-order valence-electron chi connectivity index (χ0n) is 14.0. The van der Waals surface area contributed by atoms with Crippen LogP contribution in [0.3, 0.4) is 0 Å². The highest BCUT2D eigenvalue weighted by molar-refractivity contribution is 5.75. The fourth-order valence-corrected chi connectivity index (χ4v) is 2.52. The first-order chi connectivity index (χ1) is 11.7. The number of hydrogen-bond donors (Lipinski definition) is 3. The van der Waals surface area contributed by atoms with E-state index in [-0.39, 0.29) is 17.8 Å². The smallest absolute Gasteiger partial charge is 0.311 e. The summed E-state index contributed by atoms with van der Waals surface area (Å²) in [4.78, 5) is 33.9. The molecule has 3 heterocycles. The van der Waals surface area contributed by atoms with Gasteiger partial charge in [-0.05, 0) is 20.8 Å². The average molecular weight is 352 g/mol. The molecule has 0 bridgehead atoms. The van der Waals surface area contributed by atoms with Crippen LogP contribution < -0.4 is 5.56 Å². The van der Waals surface area contributed by atoms with Gasteiger partial charge in [0.2, 0.25) is 0 Å². The molecule has 0 aromatic carbocycles. The van der Waals surface area contributed by atoms with E-state index >= 15 is 0 Å². The molecule has 136 valence electrons. The molecule has 1 saturated heterocycles. The van der Waals surface area contributed by atoms with Gasteiger partial charge in [0.15, 0.2) is 17.4 Å². The lowest BCUT2D eigenvalue weighted by Gasteiger charge is -2.20. The summed E-state index contributed by atoms with van der Waals surface area (Å²) in [7, 11) is 0. The molecular formula is C15H20N4O6. The van der Waals surface area contributed by atoms with Gasteiger partial charge in [0.05, 0.1) is 18.1 Å². The first-order valence-electron chi connectivity index (χ1n) is 7.79. The molecule has 0 radical (unpaired) electrons. The number of rotatable bonds is 3. The predicted octanol–water partition coefficient (Wildman–Crippen LogP) is -0.672. The van der Waals surface area contributed by atoms with Crippen molar-refractivity contribution in [1.82, 2.24) is 19.5 Å². The molecule has 1 aliphatic rings. The Labute approximate surface area is 142 Å². The molecule has 3 N–H and O–H groups in total. The van der Waals surface area contributed by atoms with Crippen molar-refractivity contribution in [3.05, 3.63) is 23.0 Å². The molecule has 25 heavy (non-hydrogen) atoms. The topological polar surface area (TPSA) is 140 Å². The van der Waals surface area contributed by atoms with E-state index in [4.69, 9.17) is 9.47 Å².